The SMILES string of the molecule is CC[C@@H]1c2ccc(C(=O)N[C@@H](CO)c3ccc(S(=O)(=O)CC)cc3)cc2CN1CC1CCC(C)CC1. The van der Waals surface area contributed by atoms with Crippen molar-refractivity contribution < 1.29 is 18.3 Å². The lowest BCUT2D eigenvalue weighted by molar-refractivity contribution is 0.0916. The Balaban J connectivity index is 1.44. The van der Waals surface area contributed by atoms with Gasteiger partial charge in [-0.1, -0.05) is 51.8 Å². The van der Waals surface area contributed by atoms with Crippen LogP contribution in [0.5, 0.6) is 0 Å². The van der Waals surface area contributed by atoms with E-state index in [9.17, 15) is 18.3 Å². The third-order valence-electron chi connectivity index (χ3n) is 8.10. The van der Waals surface area contributed by atoms with Gasteiger partial charge in [-0.2, -0.15) is 0 Å². The molecule has 2 aliphatic rings. The monoisotopic (exact) mass is 512 g/mol. The molecule has 0 bridgehead atoms. The fraction of sp³-hybridized carbons (Fsp3) is 0.552. The Labute approximate surface area is 216 Å². The van der Waals surface area contributed by atoms with Crippen LogP contribution in [0.25, 0.3) is 0 Å². The number of rotatable bonds is 9. The van der Waals surface area contributed by atoms with Crippen molar-refractivity contribution in [3.05, 3.63) is 64.7 Å². The number of fused-ring (bicyclic) bond motifs is 1. The normalized spacial score (nSPS) is 23.3. The summed E-state index contributed by atoms with van der Waals surface area (Å²) < 4.78 is 24.2. The molecule has 1 aliphatic carbocycles. The largest absolute Gasteiger partial charge is 0.394 e. The number of carbonyl (C=O) groups excluding carboxylic acids is 1. The van der Waals surface area contributed by atoms with Gasteiger partial charge in [-0.3, -0.25) is 9.69 Å². The van der Waals surface area contributed by atoms with E-state index >= 15 is 0 Å². The molecular weight excluding hydrogens is 472 g/mol. The number of nitrogens with zero attached hydrogens (tertiary/aromatic N) is 1. The molecule has 196 valence electrons. The molecule has 1 fully saturated rings. The molecule has 2 aromatic rings. The lowest BCUT2D eigenvalue weighted by atomic mass is 9.82. The summed E-state index contributed by atoms with van der Waals surface area (Å²) >= 11 is 0. The molecule has 0 radical (unpaired) electrons. The predicted molar refractivity (Wildman–Crippen MR) is 142 cm³/mol. The van der Waals surface area contributed by atoms with E-state index in [1.54, 1.807) is 19.1 Å². The first-order valence-corrected chi connectivity index (χ1v) is 15.0. The van der Waals surface area contributed by atoms with Gasteiger partial charge >= 0.3 is 0 Å². The third-order valence-corrected chi connectivity index (χ3v) is 9.85. The number of amides is 1. The van der Waals surface area contributed by atoms with Gasteiger partial charge in [-0.25, -0.2) is 8.42 Å². The van der Waals surface area contributed by atoms with Crippen molar-refractivity contribution in [2.75, 3.05) is 18.9 Å². The smallest absolute Gasteiger partial charge is 0.251 e. The van der Waals surface area contributed by atoms with Crippen molar-refractivity contribution >= 4 is 15.7 Å². The Kier molecular flexibility index (Phi) is 8.53. The van der Waals surface area contributed by atoms with Crippen molar-refractivity contribution in [3.8, 4) is 0 Å². The highest BCUT2D eigenvalue weighted by Crippen LogP contribution is 2.39. The average Bonchev–Trinajstić information content (AvgIpc) is 3.24. The van der Waals surface area contributed by atoms with Crippen molar-refractivity contribution in [1.29, 1.82) is 0 Å². The van der Waals surface area contributed by atoms with E-state index in [4.69, 9.17) is 0 Å². The van der Waals surface area contributed by atoms with E-state index in [1.165, 1.54) is 48.9 Å². The van der Waals surface area contributed by atoms with Crippen molar-refractivity contribution in [3.63, 3.8) is 0 Å². The molecule has 2 aromatic carbocycles. The Morgan fingerprint density at radius 2 is 1.78 bits per heavy atom. The van der Waals surface area contributed by atoms with Crippen molar-refractivity contribution in [2.24, 2.45) is 11.8 Å². The highest BCUT2D eigenvalue weighted by atomic mass is 32.2. The number of hydrogen-bond acceptors (Lipinski definition) is 5. The molecule has 2 atom stereocenters. The first-order valence-electron chi connectivity index (χ1n) is 13.4. The summed E-state index contributed by atoms with van der Waals surface area (Å²) in [6.07, 6.45) is 6.33. The van der Waals surface area contributed by atoms with Gasteiger partial charge in [-0.05, 0) is 72.1 Å². The Hall–Kier alpha value is -2.22. The zero-order chi connectivity index (χ0) is 25.9. The van der Waals surface area contributed by atoms with Gasteiger partial charge < -0.3 is 10.4 Å². The predicted octanol–water partition coefficient (Wildman–Crippen LogP) is 5.04. The van der Waals surface area contributed by atoms with E-state index in [2.05, 4.69) is 30.1 Å². The van der Waals surface area contributed by atoms with Crippen LogP contribution in [0.4, 0.5) is 0 Å². The summed E-state index contributed by atoms with van der Waals surface area (Å²) in [7, 11) is -3.30. The molecule has 0 saturated heterocycles. The van der Waals surface area contributed by atoms with Gasteiger partial charge in [0.25, 0.3) is 5.91 Å². The lowest BCUT2D eigenvalue weighted by Crippen LogP contribution is -2.31. The van der Waals surface area contributed by atoms with Gasteiger partial charge in [0.1, 0.15) is 0 Å². The first-order chi connectivity index (χ1) is 17.2. The molecular formula is C29H40N2O4S. The second-order valence-electron chi connectivity index (χ2n) is 10.6. The molecule has 1 aliphatic heterocycles. The van der Waals surface area contributed by atoms with Crippen LogP contribution < -0.4 is 5.32 Å². The minimum atomic E-state index is -3.30. The molecule has 1 amide bonds. The van der Waals surface area contributed by atoms with E-state index in [0.29, 0.717) is 17.2 Å². The van der Waals surface area contributed by atoms with Crippen LogP contribution in [0.3, 0.4) is 0 Å². The maximum absolute atomic E-state index is 13.1. The second-order valence-corrected chi connectivity index (χ2v) is 12.9. The quantitative estimate of drug-likeness (QED) is 0.492. The van der Waals surface area contributed by atoms with Gasteiger partial charge in [-0.15, -0.1) is 0 Å². The molecule has 6 nitrogen and oxygen atoms in total. The summed E-state index contributed by atoms with van der Waals surface area (Å²) in [5.41, 5.74) is 3.79. The maximum Gasteiger partial charge on any atom is 0.251 e. The zero-order valence-electron chi connectivity index (χ0n) is 21.7. The van der Waals surface area contributed by atoms with Gasteiger partial charge in [0.15, 0.2) is 9.84 Å². The highest BCUT2D eigenvalue weighted by molar-refractivity contribution is 7.91. The second kappa shape index (κ2) is 11.4. The van der Waals surface area contributed by atoms with Crippen molar-refractivity contribution in [2.45, 2.75) is 76.4 Å². The summed E-state index contributed by atoms with van der Waals surface area (Å²) in [5.74, 6) is 1.40. The van der Waals surface area contributed by atoms with Gasteiger partial charge in [0, 0.05) is 24.7 Å². The molecule has 0 aromatic heterocycles. The maximum atomic E-state index is 13.1. The molecule has 0 unspecified atom stereocenters. The fourth-order valence-electron chi connectivity index (χ4n) is 5.80. The number of sulfone groups is 1. The zero-order valence-corrected chi connectivity index (χ0v) is 22.6. The number of hydrogen-bond donors (Lipinski definition) is 2. The third kappa shape index (κ3) is 5.84. The summed E-state index contributed by atoms with van der Waals surface area (Å²) in [6, 6.07) is 12.1. The van der Waals surface area contributed by atoms with Crippen LogP contribution in [-0.2, 0) is 16.4 Å². The molecule has 1 saturated carbocycles. The number of benzene rings is 2. The average molecular weight is 513 g/mol. The minimum absolute atomic E-state index is 0.0288. The number of carbonyl (C=O) groups is 1. The number of aliphatic hydroxyl groups is 1. The Morgan fingerprint density at radius 1 is 1.08 bits per heavy atom. The molecule has 0 spiro atoms. The molecule has 4 rings (SSSR count). The summed E-state index contributed by atoms with van der Waals surface area (Å²) in [5, 5.41) is 12.9. The summed E-state index contributed by atoms with van der Waals surface area (Å²) in [6.45, 7) is 7.92. The number of nitrogens with one attached hydrogen (secondary N) is 1. The molecule has 2 N–H and O–H groups in total. The standard InChI is InChI=1S/C29H40N2O4S/c1-4-28-26-15-12-23(16-24(26)18-31(28)17-21-8-6-20(3)7-9-21)29(33)30-27(19-32)22-10-13-25(14-11-22)36(34,35)5-2/h10-16,20-21,27-28,32H,4-9,17-19H2,1-3H3,(H,30,33)/t20?,21?,27-,28+/m0/s1. The molecule has 7 heteroatoms. The lowest BCUT2D eigenvalue weighted by Gasteiger charge is -2.32. The van der Waals surface area contributed by atoms with Crippen LogP contribution >= 0.6 is 0 Å². The van der Waals surface area contributed by atoms with Gasteiger partial charge in [0.05, 0.1) is 23.3 Å². The topological polar surface area (TPSA) is 86.7 Å². The van der Waals surface area contributed by atoms with E-state index in [-0.39, 0.29) is 23.2 Å². The van der Waals surface area contributed by atoms with Crippen LogP contribution in [-0.4, -0.2) is 43.2 Å². The van der Waals surface area contributed by atoms with Crippen LogP contribution in [0.15, 0.2) is 47.4 Å². The number of aliphatic hydroxyl groups excluding tert-OH is 1. The van der Waals surface area contributed by atoms with E-state index in [1.807, 2.05) is 12.1 Å². The van der Waals surface area contributed by atoms with E-state index in [0.717, 1.165) is 31.3 Å². The summed E-state index contributed by atoms with van der Waals surface area (Å²) in [4.78, 5) is 15.9. The van der Waals surface area contributed by atoms with Crippen LogP contribution in [0, 0.1) is 11.8 Å². The molecule has 36 heavy (non-hydrogen) atoms. The molecule has 1 heterocycles. The first kappa shape index (κ1) is 26.8. The van der Waals surface area contributed by atoms with Crippen LogP contribution in [0.1, 0.15) is 92.0 Å². The van der Waals surface area contributed by atoms with Crippen LogP contribution in [0.2, 0.25) is 0 Å². The Bertz CT molecular complexity index is 1150. The highest BCUT2D eigenvalue weighted by Gasteiger charge is 2.32. The minimum Gasteiger partial charge on any atom is -0.394 e. The fourth-order valence-corrected chi connectivity index (χ4v) is 6.68. The van der Waals surface area contributed by atoms with E-state index < -0.39 is 15.9 Å². The van der Waals surface area contributed by atoms with Gasteiger partial charge in [0.2, 0.25) is 0 Å². The van der Waals surface area contributed by atoms with Crippen molar-refractivity contribution in [1.82, 2.24) is 10.2 Å². The Morgan fingerprint density at radius 3 is 2.39 bits per heavy atom.